The molecule has 3 rings (SSSR count). The van der Waals surface area contributed by atoms with Crippen LogP contribution < -0.4 is 10.1 Å². The summed E-state index contributed by atoms with van der Waals surface area (Å²) in [6.07, 6.45) is 3.55. The van der Waals surface area contributed by atoms with Gasteiger partial charge < -0.3 is 15.0 Å². The third kappa shape index (κ3) is 3.50. The van der Waals surface area contributed by atoms with Crippen LogP contribution in [0, 0.1) is 5.92 Å². The summed E-state index contributed by atoms with van der Waals surface area (Å²) in [5, 5.41) is 7.00. The number of methoxy groups -OCH3 is 1. The average molecular weight is 313 g/mol. The number of amides is 1. The highest BCUT2D eigenvalue weighted by Gasteiger charge is 2.14. The Bertz CT molecular complexity index is 794. The first-order valence-corrected chi connectivity index (χ1v) is 7.43. The van der Waals surface area contributed by atoms with Crippen molar-refractivity contribution in [1.82, 2.24) is 25.1 Å². The Hall–Kier alpha value is -2.83. The zero-order chi connectivity index (χ0) is 16.2. The monoisotopic (exact) mass is 313 g/mol. The fourth-order valence-corrected chi connectivity index (χ4v) is 2.37. The number of hydrogen-bond donors (Lipinski definition) is 2. The maximum atomic E-state index is 12.1. The number of benzene rings is 1. The molecule has 0 aliphatic heterocycles. The van der Waals surface area contributed by atoms with Crippen molar-refractivity contribution in [3.63, 3.8) is 0 Å². The molecule has 0 spiro atoms. The van der Waals surface area contributed by atoms with Crippen LogP contribution in [0.1, 0.15) is 12.7 Å². The summed E-state index contributed by atoms with van der Waals surface area (Å²) in [7, 11) is 1.62. The van der Waals surface area contributed by atoms with Crippen LogP contribution in [0.3, 0.4) is 0 Å². The van der Waals surface area contributed by atoms with Gasteiger partial charge in [0.1, 0.15) is 11.6 Å². The lowest BCUT2D eigenvalue weighted by Gasteiger charge is -2.11. The molecule has 1 atom stereocenters. The Morgan fingerprint density at radius 2 is 2.35 bits per heavy atom. The zero-order valence-corrected chi connectivity index (χ0v) is 13.1. The molecule has 0 saturated carbocycles. The second-order valence-corrected chi connectivity index (χ2v) is 5.41. The summed E-state index contributed by atoms with van der Waals surface area (Å²) < 4.78 is 6.93. The normalized spacial score (nSPS) is 12.3. The standard InChI is InChI=1S/C16H19N5O2/c1-11(10-21-7-3-6-18-21)16(22)17-9-15-19-13-5-4-12(23-2)8-14(13)20-15/h3-8,11H,9-10H2,1-2H3,(H,17,22)(H,19,20). The third-order valence-corrected chi connectivity index (χ3v) is 3.64. The van der Waals surface area contributed by atoms with Gasteiger partial charge in [0.05, 0.1) is 37.2 Å². The summed E-state index contributed by atoms with van der Waals surface area (Å²) in [5.74, 6) is 1.29. The van der Waals surface area contributed by atoms with Crippen molar-refractivity contribution in [1.29, 1.82) is 0 Å². The number of ether oxygens (including phenoxy) is 1. The molecular weight excluding hydrogens is 294 g/mol. The second-order valence-electron chi connectivity index (χ2n) is 5.41. The van der Waals surface area contributed by atoms with Crippen LogP contribution in [0.25, 0.3) is 11.0 Å². The fourth-order valence-electron chi connectivity index (χ4n) is 2.37. The van der Waals surface area contributed by atoms with E-state index in [4.69, 9.17) is 4.74 Å². The molecular formula is C16H19N5O2. The van der Waals surface area contributed by atoms with E-state index in [2.05, 4.69) is 20.4 Å². The summed E-state index contributed by atoms with van der Waals surface area (Å²) in [6, 6.07) is 7.47. The van der Waals surface area contributed by atoms with E-state index in [1.54, 1.807) is 18.0 Å². The lowest BCUT2D eigenvalue weighted by atomic mass is 10.1. The lowest BCUT2D eigenvalue weighted by molar-refractivity contribution is -0.125. The molecule has 1 amide bonds. The predicted octanol–water partition coefficient (Wildman–Crippen LogP) is 1.72. The van der Waals surface area contributed by atoms with E-state index in [0.717, 1.165) is 16.8 Å². The van der Waals surface area contributed by atoms with Gasteiger partial charge in [0, 0.05) is 18.5 Å². The Labute approximate surface area is 133 Å². The predicted molar refractivity (Wildman–Crippen MR) is 85.9 cm³/mol. The number of carbonyl (C=O) groups excluding carboxylic acids is 1. The fraction of sp³-hybridized carbons (Fsp3) is 0.312. The number of rotatable bonds is 6. The van der Waals surface area contributed by atoms with Gasteiger partial charge in [-0.05, 0) is 18.2 Å². The van der Waals surface area contributed by atoms with Crippen molar-refractivity contribution in [2.75, 3.05) is 7.11 Å². The highest BCUT2D eigenvalue weighted by atomic mass is 16.5. The number of aromatic amines is 1. The van der Waals surface area contributed by atoms with Gasteiger partial charge in [-0.3, -0.25) is 9.48 Å². The van der Waals surface area contributed by atoms with Gasteiger partial charge in [-0.25, -0.2) is 4.98 Å². The van der Waals surface area contributed by atoms with E-state index in [0.29, 0.717) is 18.9 Å². The number of fused-ring (bicyclic) bond motifs is 1. The number of carbonyl (C=O) groups is 1. The smallest absolute Gasteiger partial charge is 0.225 e. The third-order valence-electron chi connectivity index (χ3n) is 3.64. The minimum atomic E-state index is -0.167. The number of hydrogen-bond acceptors (Lipinski definition) is 4. The number of imidazole rings is 1. The molecule has 1 unspecified atom stereocenters. The maximum Gasteiger partial charge on any atom is 0.225 e. The van der Waals surface area contributed by atoms with Crippen LogP contribution in [-0.4, -0.2) is 32.8 Å². The molecule has 0 bridgehead atoms. The maximum absolute atomic E-state index is 12.1. The van der Waals surface area contributed by atoms with Crippen LogP contribution in [0.15, 0.2) is 36.7 Å². The van der Waals surface area contributed by atoms with E-state index in [1.807, 2.05) is 37.4 Å². The van der Waals surface area contributed by atoms with Crippen molar-refractivity contribution in [2.24, 2.45) is 5.92 Å². The van der Waals surface area contributed by atoms with Crippen molar-refractivity contribution >= 4 is 16.9 Å². The molecule has 2 aromatic heterocycles. The minimum absolute atomic E-state index is 0.0291. The molecule has 2 N–H and O–H groups in total. The molecule has 2 heterocycles. The van der Waals surface area contributed by atoms with E-state index in [9.17, 15) is 4.79 Å². The van der Waals surface area contributed by atoms with E-state index in [1.165, 1.54) is 0 Å². The van der Waals surface area contributed by atoms with Crippen molar-refractivity contribution in [3.8, 4) is 5.75 Å². The van der Waals surface area contributed by atoms with E-state index < -0.39 is 0 Å². The van der Waals surface area contributed by atoms with Gasteiger partial charge in [-0.2, -0.15) is 5.10 Å². The summed E-state index contributed by atoms with van der Waals surface area (Å²) in [5.41, 5.74) is 1.73. The molecule has 0 aliphatic carbocycles. The molecule has 1 aromatic carbocycles. The van der Waals surface area contributed by atoms with E-state index >= 15 is 0 Å². The van der Waals surface area contributed by atoms with Crippen LogP contribution in [0.5, 0.6) is 5.75 Å². The molecule has 3 aromatic rings. The highest BCUT2D eigenvalue weighted by molar-refractivity contribution is 5.79. The second kappa shape index (κ2) is 6.51. The average Bonchev–Trinajstić information content (AvgIpc) is 3.20. The molecule has 0 aliphatic rings. The van der Waals surface area contributed by atoms with Gasteiger partial charge in [-0.15, -0.1) is 0 Å². The van der Waals surface area contributed by atoms with Gasteiger partial charge in [-0.1, -0.05) is 6.92 Å². The molecule has 0 fully saturated rings. The topological polar surface area (TPSA) is 84.8 Å². The van der Waals surface area contributed by atoms with E-state index in [-0.39, 0.29) is 11.8 Å². The van der Waals surface area contributed by atoms with Crippen LogP contribution in [0.4, 0.5) is 0 Å². The number of nitrogens with zero attached hydrogens (tertiary/aromatic N) is 3. The summed E-state index contributed by atoms with van der Waals surface area (Å²) in [4.78, 5) is 19.8. The summed E-state index contributed by atoms with van der Waals surface area (Å²) in [6.45, 7) is 2.79. The van der Waals surface area contributed by atoms with Crippen molar-refractivity contribution in [2.45, 2.75) is 20.0 Å². The molecule has 7 nitrogen and oxygen atoms in total. The lowest BCUT2D eigenvalue weighted by Crippen LogP contribution is -2.31. The molecule has 120 valence electrons. The zero-order valence-electron chi connectivity index (χ0n) is 13.1. The quantitative estimate of drug-likeness (QED) is 0.725. The van der Waals surface area contributed by atoms with Gasteiger partial charge in [0.15, 0.2) is 0 Å². The largest absolute Gasteiger partial charge is 0.497 e. The molecule has 0 radical (unpaired) electrons. The van der Waals surface area contributed by atoms with Gasteiger partial charge in [0.25, 0.3) is 0 Å². The highest BCUT2D eigenvalue weighted by Crippen LogP contribution is 2.18. The minimum Gasteiger partial charge on any atom is -0.497 e. The number of aromatic nitrogens is 4. The van der Waals surface area contributed by atoms with Crippen molar-refractivity contribution < 1.29 is 9.53 Å². The Kier molecular flexibility index (Phi) is 4.27. The van der Waals surface area contributed by atoms with Crippen LogP contribution in [0.2, 0.25) is 0 Å². The Morgan fingerprint density at radius 3 is 3.09 bits per heavy atom. The summed E-state index contributed by atoms with van der Waals surface area (Å²) >= 11 is 0. The Balaban J connectivity index is 1.60. The van der Waals surface area contributed by atoms with Gasteiger partial charge >= 0.3 is 0 Å². The first-order valence-electron chi connectivity index (χ1n) is 7.43. The molecule has 0 saturated heterocycles. The van der Waals surface area contributed by atoms with Crippen LogP contribution >= 0.6 is 0 Å². The number of H-pyrrole nitrogens is 1. The Morgan fingerprint density at radius 1 is 1.48 bits per heavy atom. The van der Waals surface area contributed by atoms with Gasteiger partial charge in [0.2, 0.25) is 5.91 Å². The van der Waals surface area contributed by atoms with Crippen LogP contribution in [-0.2, 0) is 17.9 Å². The molecule has 7 heteroatoms. The first kappa shape index (κ1) is 15.1. The number of nitrogens with one attached hydrogen (secondary N) is 2. The molecule has 23 heavy (non-hydrogen) atoms. The first-order chi connectivity index (χ1) is 11.2. The van der Waals surface area contributed by atoms with Crippen molar-refractivity contribution in [3.05, 3.63) is 42.5 Å². The SMILES string of the molecule is COc1ccc2nc(CNC(=O)C(C)Cn3cccn3)[nH]c2c1.